The third-order valence-electron chi connectivity index (χ3n) is 4.26. The Balaban J connectivity index is 2.54. The summed E-state index contributed by atoms with van der Waals surface area (Å²) in [5.41, 5.74) is 0.590. The van der Waals surface area contributed by atoms with Crippen LogP contribution in [0.25, 0.3) is 0 Å². The molecule has 0 bridgehead atoms. The number of amides is 2. The molecule has 1 fully saturated rings. The van der Waals surface area contributed by atoms with Crippen LogP contribution in [0.5, 0.6) is 0 Å². The van der Waals surface area contributed by atoms with Crippen LogP contribution in [0.2, 0.25) is 0 Å². The van der Waals surface area contributed by atoms with E-state index in [1.807, 2.05) is 31.2 Å². The van der Waals surface area contributed by atoms with Gasteiger partial charge in [0.2, 0.25) is 11.8 Å². The summed E-state index contributed by atoms with van der Waals surface area (Å²) in [6.07, 6.45) is 0.377. The Bertz CT molecular complexity index is 527. The maximum atomic E-state index is 12.3. The second-order valence-electron chi connectivity index (χ2n) is 5.70. The molecule has 2 amide bonds. The van der Waals surface area contributed by atoms with Gasteiger partial charge in [0, 0.05) is 10.9 Å². The molecule has 0 aromatic heterocycles. The van der Waals surface area contributed by atoms with E-state index < -0.39 is 0 Å². The van der Waals surface area contributed by atoms with Gasteiger partial charge in [0.1, 0.15) is 0 Å². The van der Waals surface area contributed by atoms with Gasteiger partial charge in [-0.2, -0.15) is 0 Å². The van der Waals surface area contributed by atoms with Crippen molar-refractivity contribution < 1.29 is 9.59 Å². The van der Waals surface area contributed by atoms with E-state index in [9.17, 15) is 9.59 Å². The molecule has 0 spiro atoms. The molecule has 2 atom stereocenters. The van der Waals surface area contributed by atoms with Crippen LogP contribution in [0.4, 0.5) is 0 Å². The number of carbonyl (C=O) groups excluding carboxylic acids is 2. The molecule has 0 aliphatic carbocycles. The fraction of sp³-hybridized carbons (Fsp3) is 0.467. The van der Waals surface area contributed by atoms with Gasteiger partial charge in [-0.1, -0.05) is 54.9 Å². The molecule has 1 heterocycles. The zero-order chi connectivity index (χ0) is 14.2. The van der Waals surface area contributed by atoms with Gasteiger partial charge in [0.15, 0.2) is 0 Å². The zero-order valence-electron chi connectivity index (χ0n) is 11.4. The summed E-state index contributed by atoms with van der Waals surface area (Å²) < 4.78 is 0.913. The molecule has 0 radical (unpaired) electrons. The van der Waals surface area contributed by atoms with Crippen molar-refractivity contribution >= 4 is 27.7 Å². The van der Waals surface area contributed by atoms with Gasteiger partial charge >= 0.3 is 0 Å². The van der Waals surface area contributed by atoms with E-state index in [0.717, 1.165) is 10.0 Å². The first kappa shape index (κ1) is 14.3. The first-order chi connectivity index (χ1) is 8.86. The summed E-state index contributed by atoms with van der Waals surface area (Å²) in [4.78, 5) is 24.0. The molecule has 2 rings (SSSR count). The Hall–Kier alpha value is -1.16. The van der Waals surface area contributed by atoms with Crippen molar-refractivity contribution in [2.24, 2.45) is 11.3 Å². The van der Waals surface area contributed by atoms with Gasteiger partial charge in [-0.3, -0.25) is 14.9 Å². The molecule has 1 aliphatic heterocycles. The number of hydrogen-bond acceptors (Lipinski definition) is 2. The molecule has 2 unspecified atom stereocenters. The van der Waals surface area contributed by atoms with Crippen LogP contribution in [-0.2, 0) is 9.59 Å². The van der Waals surface area contributed by atoms with Crippen LogP contribution in [0.3, 0.4) is 0 Å². The van der Waals surface area contributed by atoms with Crippen LogP contribution >= 0.6 is 15.9 Å². The molecule has 1 aromatic carbocycles. The van der Waals surface area contributed by atoms with Crippen LogP contribution in [0.15, 0.2) is 28.7 Å². The highest BCUT2D eigenvalue weighted by Crippen LogP contribution is 2.48. The molecular weight excluding hydrogens is 306 g/mol. The Morgan fingerprint density at radius 1 is 1.32 bits per heavy atom. The summed E-state index contributed by atoms with van der Waals surface area (Å²) in [5.74, 6) is -0.441. The van der Waals surface area contributed by atoms with Gasteiger partial charge in [-0.25, -0.2) is 0 Å². The maximum absolute atomic E-state index is 12.3. The number of nitrogens with one attached hydrogen (secondary N) is 1. The van der Waals surface area contributed by atoms with Gasteiger partial charge in [0.25, 0.3) is 0 Å². The SMILES string of the molecule is CC(C)C1(C)CC(=O)NC(=O)C1c1ccccc1Br. The minimum Gasteiger partial charge on any atom is -0.296 e. The van der Waals surface area contributed by atoms with Crippen LogP contribution < -0.4 is 5.32 Å². The van der Waals surface area contributed by atoms with Crippen LogP contribution in [-0.4, -0.2) is 11.8 Å². The summed E-state index contributed by atoms with van der Waals surface area (Å²) in [5, 5.41) is 2.47. The summed E-state index contributed by atoms with van der Waals surface area (Å²) in [7, 11) is 0. The lowest BCUT2D eigenvalue weighted by atomic mass is 9.62. The second kappa shape index (κ2) is 5.08. The Labute approximate surface area is 121 Å². The van der Waals surface area contributed by atoms with E-state index in [-0.39, 0.29) is 29.1 Å². The van der Waals surface area contributed by atoms with Crippen LogP contribution in [0.1, 0.15) is 38.7 Å². The van der Waals surface area contributed by atoms with Crippen molar-refractivity contribution in [3.05, 3.63) is 34.3 Å². The number of carbonyl (C=O) groups is 2. The van der Waals surface area contributed by atoms with E-state index in [1.165, 1.54) is 0 Å². The molecule has 102 valence electrons. The van der Waals surface area contributed by atoms with Gasteiger partial charge < -0.3 is 0 Å². The number of halogens is 1. The van der Waals surface area contributed by atoms with E-state index in [1.54, 1.807) is 0 Å². The van der Waals surface area contributed by atoms with Crippen molar-refractivity contribution in [1.82, 2.24) is 5.32 Å². The number of imide groups is 1. The number of rotatable bonds is 2. The average Bonchev–Trinajstić information content (AvgIpc) is 2.30. The molecule has 3 nitrogen and oxygen atoms in total. The fourth-order valence-electron chi connectivity index (χ4n) is 2.74. The maximum Gasteiger partial charge on any atom is 0.234 e. The Morgan fingerprint density at radius 3 is 2.53 bits per heavy atom. The minimum absolute atomic E-state index is 0.176. The lowest BCUT2D eigenvalue weighted by molar-refractivity contribution is -0.141. The van der Waals surface area contributed by atoms with Crippen molar-refractivity contribution in [3.8, 4) is 0 Å². The topological polar surface area (TPSA) is 46.2 Å². The molecule has 1 N–H and O–H groups in total. The molecule has 1 saturated heterocycles. The third-order valence-corrected chi connectivity index (χ3v) is 4.98. The lowest BCUT2D eigenvalue weighted by Gasteiger charge is -2.43. The van der Waals surface area contributed by atoms with E-state index in [4.69, 9.17) is 0 Å². The quantitative estimate of drug-likeness (QED) is 0.849. The van der Waals surface area contributed by atoms with Gasteiger partial charge in [-0.15, -0.1) is 0 Å². The average molecular weight is 324 g/mol. The standard InChI is InChI=1S/C15H18BrNO2/c1-9(2)15(3)8-12(18)17-14(19)13(15)10-6-4-5-7-11(10)16/h4-7,9,13H,8H2,1-3H3,(H,17,18,19). The highest BCUT2D eigenvalue weighted by Gasteiger charge is 2.48. The van der Waals surface area contributed by atoms with E-state index in [2.05, 4.69) is 35.1 Å². The van der Waals surface area contributed by atoms with Crippen LogP contribution in [0, 0.1) is 11.3 Å². The minimum atomic E-state index is -0.358. The number of piperidine rings is 1. The smallest absolute Gasteiger partial charge is 0.234 e. The molecular formula is C15H18BrNO2. The van der Waals surface area contributed by atoms with E-state index in [0.29, 0.717) is 6.42 Å². The Morgan fingerprint density at radius 2 is 1.95 bits per heavy atom. The summed E-state index contributed by atoms with van der Waals surface area (Å²) in [6, 6.07) is 7.72. The molecule has 4 heteroatoms. The normalized spacial score (nSPS) is 27.5. The Kier molecular flexibility index (Phi) is 3.81. The predicted octanol–water partition coefficient (Wildman–Crippen LogP) is 3.24. The molecule has 19 heavy (non-hydrogen) atoms. The monoisotopic (exact) mass is 323 g/mol. The fourth-order valence-corrected chi connectivity index (χ4v) is 3.26. The second-order valence-corrected chi connectivity index (χ2v) is 6.56. The lowest BCUT2D eigenvalue weighted by Crippen LogP contribution is -2.51. The van der Waals surface area contributed by atoms with Crippen molar-refractivity contribution in [3.63, 3.8) is 0 Å². The molecule has 0 saturated carbocycles. The van der Waals surface area contributed by atoms with Gasteiger partial charge in [0.05, 0.1) is 5.92 Å². The molecule has 1 aromatic rings. The first-order valence-corrected chi connectivity index (χ1v) is 7.23. The summed E-state index contributed by atoms with van der Waals surface area (Å²) >= 11 is 3.51. The van der Waals surface area contributed by atoms with Crippen molar-refractivity contribution in [2.75, 3.05) is 0 Å². The van der Waals surface area contributed by atoms with Gasteiger partial charge in [-0.05, 0) is 23.0 Å². The van der Waals surface area contributed by atoms with E-state index >= 15 is 0 Å². The predicted molar refractivity (Wildman–Crippen MR) is 77.6 cm³/mol. The van der Waals surface area contributed by atoms with Crippen molar-refractivity contribution in [1.29, 1.82) is 0 Å². The highest BCUT2D eigenvalue weighted by atomic mass is 79.9. The zero-order valence-corrected chi connectivity index (χ0v) is 13.0. The highest BCUT2D eigenvalue weighted by molar-refractivity contribution is 9.10. The van der Waals surface area contributed by atoms with Crippen molar-refractivity contribution in [2.45, 2.75) is 33.1 Å². The largest absolute Gasteiger partial charge is 0.296 e. The third kappa shape index (κ3) is 2.46. The molecule has 1 aliphatic rings. The summed E-state index contributed by atoms with van der Waals surface area (Å²) in [6.45, 7) is 6.16. The first-order valence-electron chi connectivity index (χ1n) is 6.44. The number of benzene rings is 1. The number of hydrogen-bond donors (Lipinski definition) is 1.